The molecule has 1 aromatic rings. The van der Waals surface area contributed by atoms with Crippen LogP contribution in [0.3, 0.4) is 0 Å². The zero-order valence-electron chi connectivity index (χ0n) is 9.74. The summed E-state index contributed by atoms with van der Waals surface area (Å²) in [4.78, 5) is 6.87. The Balaban J connectivity index is 2.20. The maximum Gasteiger partial charge on any atom is 0.0363 e. The van der Waals surface area contributed by atoms with Crippen LogP contribution in [0.25, 0.3) is 0 Å². The molecule has 2 nitrogen and oxygen atoms in total. The molecule has 15 heavy (non-hydrogen) atoms. The SMILES string of the molecule is CCN1CCCCC1c1cncc(C)c1. The van der Waals surface area contributed by atoms with Gasteiger partial charge in [-0.05, 0) is 44.0 Å². The molecular weight excluding hydrogens is 184 g/mol. The van der Waals surface area contributed by atoms with Gasteiger partial charge in [0.1, 0.15) is 0 Å². The van der Waals surface area contributed by atoms with Crippen molar-refractivity contribution in [2.24, 2.45) is 0 Å². The molecule has 1 fully saturated rings. The Labute approximate surface area is 92.3 Å². The first-order chi connectivity index (χ1) is 7.31. The van der Waals surface area contributed by atoms with Gasteiger partial charge >= 0.3 is 0 Å². The van der Waals surface area contributed by atoms with Crippen molar-refractivity contribution in [1.29, 1.82) is 0 Å². The molecule has 0 aromatic carbocycles. The van der Waals surface area contributed by atoms with Crippen molar-refractivity contribution < 1.29 is 0 Å². The number of nitrogens with zero attached hydrogens (tertiary/aromatic N) is 2. The van der Waals surface area contributed by atoms with E-state index in [0.29, 0.717) is 6.04 Å². The highest BCUT2D eigenvalue weighted by Gasteiger charge is 2.22. The van der Waals surface area contributed by atoms with Crippen molar-refractivity contribution in [3.63, 3.8) is 0 Å². The quantitative estimate of drug-likeness (QED) is 0.736. The van der Waals surface area contributed by atoms with Gasteiger partial charge in [0.25, 0.3) is 0 Å². The van der Waals surface area contributed by atoms with Crippen LogP contribution in [0.2, 0.25) is 0 Å². The molecule has 2 rings (SSSR count). The maximum absolute atomic E-state index is 4.30. The monoisotopic (exact) mass is 204 g/mol. The van der Waals surface area contributed by atoms with Crippen molar-refractivity contribution in [3.05, 3.63) is 29.6 Å². The molecule has 0 spiro atoms. The fourth-order valence-corrected chi connectivity index (χ4v) is 2.51. The predicted molar refractivity (Wildman–Crippen MR) is 62.8 cm³/mol. The van der Waals surface area contributed by atoms with E-state index < -0.39 is 0 Å². The second kappa shape index (κ2) is 4.75. The summed E-state index contributed by atoms with van der Waals surface area (Å²) in [6, 6.07) is 2.89. The highest BCUT2D eigenvalue weighted by molar-refractivity contribution is 5.20. The number of rotatable bonds is 2. The van der Waals surface area contributed by atoms with Crippen LogP contribution in [0.4, 0.5) is 0 Å². The van der Waals surface area contributed by atoms with Crippen LogP contribution in [0.1, 0.15) is 43.4 Å². The lowest BCUT2D eigenvalue weighted by Gasteiger charge is -2.35. The van der Waals surface area contributed by atoms with Gasteiger partial charge in [-0.15, -0.1) is 0 Å². The van der Waals surface area contributed by atoms with Gasteiger partial charge in [0.2, 0.25) is 0 Å². The zero-order valence-corrected chi connectivity index (χ0v) is 9.74. The summed E-state index contributed by atoms with van der Waals surface area (Å²) in [5.41, 5.74) is 2.67. The van der Waals surface area contributed by atoms with Gasteiger partial charge in [-0.1, -0.05) is 19.4 Å². The summed E-state index contributed by atoms with van der Waals surface area (Å²) >= 11 is 0. The molecule has 82 valence electrons. The first kappa shape index (κ1) is 10.6. The second-order valence-corrected chi connectivity index (χ2v) is 4.44. The number of aryl methyl sites for hydroxylation is 1. The third kappa shape index (κ3) is 2.37. The lowest BCUT2D eigenvalue weighted by molar-refractivity contribution is 0.157. The lowest BCUT2D eigenvalue weighted by Crippen LogP contribution is -2.33. The second-order valence-electron chi connectivity index (χ2n) is 4.44. The van der Waals surface area contributed by atoms with Crippen molar-refractivity contribution >= 4 is 0 Å². The summed E-state index contributed by atoms with van der Waals surface area (Å²) in [6.45, 7) is 6.77. The van der Waals surface area contributed by atoms with E-state index >= 15 is 0 Å². The first-order valence-electron chi connectivity index (χ1n) is 5.97. The molecule has 1 aliphatic rings. The number of hydrogen-bond donors (Lipinski definition) is 0. The molecule has 0 aliphatic carbocycles. The summed E-state index contributed by atoms with van der Waals surface area (Å²) in [5.74, 6) is 0. The Morgan fingerprint density at radius 1 is 1.40 bits per heavy atom. The topological polar surface area (TPSA) is 16.1 Å². The fourth-order valence-electron chi connectivity index (χ4n) is 2.51. The van der Waals surface area contributed by atoms with Crippen molar-refractivity contribution in [3.8, 4) is 0 Å². The summed E-state index contributed by atoms with van der Waals surface area (Å²) in [5, 5.41) is 0. The summed E-state index contributed by atoms with van der Waals surface area (Å²) in [7, 11) is 0. The van der Waals surface area contributed by atoms with Crippen LogP contribution in [-0.4, -0.2) is 23.0 Å². The zero-order chi connectivity index (χ0) is 10.7. The number of pyridine rings is 1. The fraction of sp³-hybridized carbons (Fsp3) is 0.615. The molecule has 0 amide bonds. The molecule has 1 saturated heterocycles. The van der Waals surface area contributed by atoms with Crippen molar-refractivity contribution in [1.82, 2.24) is 9.88 Å². The van der Waals surface area contributed by atoms with Gasteiger partial charge < -0.3 is 0 Å². The minimum Gasteiger partial charge on any atom is -0.297 e. The third-order valence-electron chi connectivity index (χ3n) is 3.30. The predicted octanol–water partition coefficient (Wildman–Crippen LogP) is 2.94. The molecule has 0 bridgehead atoms. The van der Waals surface area contributed by atoms with Crippen molar-refractivity contribution in [2.75, 3.05) is 13.1 Å². The maximum atomic E-state index is 4.30. The van der Waals surface area contributed by atoms with Crippen LogP contribution >= 0.6 is 0 Å². The number of aromatic nitrogens is 1. The normalized spacial score (nSPS) is 22.9. The largest absolute Gasteiger partial charge is 0.297 e. The van der Waals surface area contributed by atoms with E-state index in [1.54, 1.807) is 0 Å². The van der Waals surface area contributed by atoms with E-state index in [4.69, 9.17) is 0 Å². The average Bonchev–Trinajstić information content (AvgIpc) is 2.29. The summed E-state index contributed by atoms with van der Waals surface area (Å²) in [6.07, 6.45) is 7.96. The standard InChI is InChI=1S/C13H20N2/c1-3-15-7-5-4-6-13(15)12-8-11(2)9-14-10-12/h8-10,13H,3-7H2,1-2H3. The molecule has 1 unspecified atom stereocenters. The Hall–Kier alpha value is -0.890. The molecule has 1 atom stereocenters. The highest BCUT2D eigenvalue weighted by Crippen LogP contribution is 2.30. The van der Waals surface area contributed by atoms with Gasteiger partial charge in [0.15, 0.2) is 0 Å². The Morgan fingerprint density at radius 3 is 3.00 bits per heavy atom. The van der Waals surface area contributed by atoms with Crippen LogP contribution in [0.5, 0.6) is 0 Å². The van der Waals surface area contributed by atoms with E-state index in [2.05, 4.69) is 29.8 Å². The van der Waals surface area contributed by atoms with Gasteiger partial charge in [0, 0.05) is 18.4 Å². The molecule has 2 heterocycles. The van der Waals surface area contributed by atoms with Crippen LogP contribution in [0.15, 0.2) is 18.5 Å². The van der Waals surface area contributed by atoms with E-state index in [0.717, 1.165) is 6.54 Å². The lowest BCUT2D eigenvalue weighted by atomic mass is 9.96. The molecule has 0 saturated carbocycles. The average molecular weight is 204 g/mol. The molecule has 0 radical (unpaired) electrons. The van der Waals surface area contributed by atoms with Crippen LogP contribution in [0, 0.1) is 6.92 Å². The van der Waals surface area contributed by atoms with Gasteiger partial charge in [0.05, 0.1) is 0 Å². The number of piperidine rings is 1. The molecular formula is C13H20N2. The summed E-state index contributed by atoms with van der Waals surface area (Å²) < 4.78 is 0. The van der Waals surface area contributed by atoms with Crippen LogP contribution < -0.4 is 0 Å². The van der Waals surface area contributed by atoms with Gasteiger partial charge in [-0.2, -0.15) is 0 Å². The van der Waals surface area contributed by atoms with E-state index in [1.165, 1.54) is 36.9 Å². The van der Waals surface area contributed by atoms with Gasteiger partial charge in [-0.3, -0.25) is 9.88 Å². The molecule has 1 aromatic heterocycles. The molecule has 1 aliphatic heterocycles. The third-order valence-corrected chi connectivity index (χ3v) is 3.30. The highest BCUT2D eigenvalue weighted by atomic mass is 15.2. The minimum atomic E-state index is 0.608. The van der Waals surface area contributed by atoms with Crippen LogP contribution in [-0.2, 0) is 0 Å². The number of likely N-dealkylation sites (tertiary alicyclic amines) is 1. The van der Waals surface area contributed by atoms with Crippen molar-refractivity contribution in [2.45, 2.75) is 39.2 Å². The Morgan fingerprint density at radius 2 is 2.27 bits per heavy atom. The van der Waals surface area contributed by atoms with Gasteiger partial charge in [-0.25, -0.2) is 0 Å². The first-order valence-corrected chi connectivity index (χ1v) is 5.97. The van der Waals surface area contributed by atoms with E-state index in [9.17, 15) is 0 Å². The molecule has 0 N–H and O–H groups in total. The number of hydrogen-bond acceptors (Lipinski definition) is 2. The van der Waals surface area contributed by atoms with E-state index in [1.807, 2.05) is 12.4 Å². The van der Waals surface area contributed by atoms with E-state index in [-0.39, 0.29) is 0 Å². The Bertz CT molecular complexity index is 322. The smallest absolute Gasteiger partial charge is 0.0363 e. The molecule has 2 heteroatoms. The Kier molecular flexibility index (Phi) is 3.37. The minimum absolute atomic E-state index is 0.608.